The van der Waals surface area contributed by atoms with Crippen LogP contribution in [0, 0.1) is 64.6 Å². The molecular weight excluding hydrogens is 1880 g/mol. The van der Waals surface area contributed by atoms with E-state index in [1.807, 2.05) is 69.3 Å². The zero-order valence-electron chi connectivity index (χ0n) is 81.1. The lowest BCUT2D eigenvalue weighted by Gasteiger charge is -2.52. The molecular formula is C108H133Cl3N8O17S3. The van der Waals surface area contributed by atoms with Crippen molar-refractivity contribution in [2.75, 3.05) is 94.6 Å². The van der Waals surface area contributed by atoms with Gasteiger partial charge in [0, 0.05) is 120 Å². The number of nitrogens with zero attached hydrogens (tertiary/aromatic N) is 5. The van der Waals surface area contributed by atoms with Crippen LogP contribution in [0.1, 0.15) is 250 Å². The summed E-state index contributed by atoms with van der Waals surface area (Å²) in [6, 6.07) is 35.9. The van der Waals surface area contributed by atoms with Crippen LogP contribution in [-0.4, -0.2) is 166 Å². The van der Waals surface area contributed by atoms with Gasteiger partial charge in [0.05, 0.1) is 89.3 Å². The van der Waals surface area contributed by atoms with E-state index < -0.39 is 109 Å². The third kappa shape index (κ3) is 20.6. The summed E-state index contributed by atoms with van der Waals surface area (Å²) in [5, 5.41) is 22.1. The molecule has 11 aliphatic rings. The number of aromatic nitrogens is 1. The normalized spacial score (nSPS) is 31.6. The maximum Gasteiger partial charge on any atom is 0.264 e. The molecule has 17 atom stereocenters. The van der Waals surface area contributed by atoms with Gasteiger partial charge >= 0.3 is 0 Å². The summed E-state index contributed by atoms with van der Waals surface area (Å²) in [7, 11) is -9.76. The van der Waals surface area contributed by atoms with Gasteiger partial charge in [-0.25, -0.2) is 44.4 Å². The molecule has 18 rings (SSSR count). The number of sulfonamides is 3. The second kappa shape index (κ2) is 40.9. The molecule has 0 saturated heterocycles. The predicted molar refractivity (Wildman–Crippen MR) is 539 cm³/mol. The summed E-state index contributed by atoms with van der Waals surface area (Å²) >= 11 is 20.5. The quantitative estimate of drug-likeness (QED) is 0.0826. The molecule has 25 nitrogen and oxygen atoms in total. The van der Waals surface area contributed by atoms with Crippen molar-refractivity contribution in [3.05, 3.63) is 215 Å². The van der Waals surface area contributed by atoms with Gasteiger partial charge < -0.3 is 53.0 Å². The first-order valence-electron chi connectivity index (χ1n) is 50.2. The van der Waals surface area contributed by atoms with Crippen molar-refractivity contribution in [2.45, 2.75) is 252 Å². The number of pyridine rings is 1. The highest BCUT2D eigenvalue weighted by Gasteiger charge is 2.55. The smallest absolute Gasteiger partial charge is 0.264 e. The maximum atomic E-state index is 15.7. The Hall–Kier alpha value is -8.57. The number of carbonyl (C=O) groups excluding carboxylic acids is 3. The molecule has 3 amide bonds. The van der Waals surface area contributed by atoms with Crippen LogP contribution in [0.5, 0.6) is 17.2 Å². The van der Waals surface area contributed by atoms with Gasteiger partial charge in [0.1, 0.15) is 35.6 Å². The molecule has 3 fully saturated rings. The van der Waals surface area contributed by atoms with Gasteiger partial charge in [-0.05, 0) is 332 Å². The number of aryl methyl sites for hydroxylation is 3. The lowest BCUT2D eigenvalue weighted by Crippen LogP contribution is -2.56. The molecule has 0 unspecified atom stereocenters. The Labute approximate surface area is 834 Å². The molecule has 3 saturated carbocycles. The molecule has 4 N–H and O–H groups in total. The maximum absolute atomic E-state index is 15.7. The van der Waals surface area contributed by atoms with Gasteiger partial charge in [-0.1, -0.05) is 98.8 Å². The third-order valence-corrected chi connectivity index (χ3v) is 40.5. The first-order valence-corrected chi connectivity index (χ1v) is 56.0. The van der Waals surface area contributed by atoms with Gasteiger partial charge in [-0.3, -0.25) is 14.4 Å². The molecule has 2 spiro atoms. The largest absolute Gasteiger partial charge is 0.490 e. The van der Waals surface area contributed by atoms with E-state index in [-0.39, 0.29) is 110 Å². The molecule has 6 aromatic carbocycles. The number of benzene rings is 6. The number of aliphatic hydroxyl groups is 1. The molecule has 31 heteroatoms. The fraction of sp³-hybridized carbons (Fsp3) is 0.565. The van der Waals surface area contributed by atoms with Crippen LogP contribution in [0.25, 0.3) is 0 Å². The van der Waals surface area contributed by atoms with Gasteiger partial charge in [0.2, 0.25) is 30.1 Å². The fourth-order valence-electron chi connectivity index (χ4n) is 25.1. The van der Waals surface area contributed by atoms with E-state index in [0.717, 1.165) is 103 Å². The van der Waals surface area contributed by atoms with Crippen LogP contribution in [0.2, 0.25) is 15.1 Å². The van der Waals surface area contributed by atoms with E-state index in [1.165, 1.54) is 0 Å². The van der Waals surface area contributed by atoms with Crippen molar-refractivity contribution < 1.29 is 77.9 Å². The van der Waals surface area contributed by atoms with E-state index in [1.54, 1.807) is 89.7 Å². The first-order chi connectivity index (χ1) is 66.5. The van der Waals surface area contributed by atoms with E-state index >= 15 is 18.0 Å². The number of carbonyl (C=O) groups is 3. The zero-order chi connectivity index (χ0) is 97.9. The molecule has 746 valence electrons. The molecule has 139 heavy (non-hydrogen) atoms. The number of hydrogen-bond donors (Lipinski definition) is 4. The van der Waals surface area contributed by atoms with Crippen molar-refractivity contribution in [1.29, 1.82) is 5.26 Å². The molecule has 0 radical (unpaired) electrons. The highest BCUT2D eigenvalue weighted by atomic mass is 35.5. The molecule has 6 aliphatic heterocycles. The second-order valence-electron chi connectivity index (χ2n) is 42.6. The van der Waals surface area contributed by atoms with Crippen LogP contribution in [-0.2, 0) is 105 Å². The third-order valence-electron chi connectivity index (χ3n) is 34.0. The van der Waals surface area contributed by atoms with Gasteiger partial charge in [-0.2, -0.15) is 5.26 Å². The number of ether oxygens (including phenoxy) is 7. The Morgan fingerprint density at radius 2 is 0.978 bits per heavy atom. The summed E-state index contributed by atoms with van der Waals surface area (Å²) in [5.74, 6) is -3.40. The van der Waals surface area contributed by atoms with Crippen LogP contribution >= 0.6 is 34.8 Å². The number of methoxy groups -OCH3 is 2. The van der Waals surface area contributed by atoms with Crippen molar-refractivity contribution in [1.82, 2.24) is 19.2 Å². The highest BCUT2D eigenvalue weighted by Crippen LogP contribution is 2.56. The minimum Gasteiger partial charge on any atom is -0.490 e. The Bertz CT molecular complexity index is 6260. The lowest BCUT2D eigenvalue weighted by molar-refractivity contribution is -0.172. The topological polar surface area (TPSA) is 321 Å². The lowest BCUT2D eigenvalue weighted by atomic mass is 9.62. The number of amides is 3. The summed E-state index contributed by atoms with van der Waals surface area (Å²) in [6.45, 7) is 13.7. The van der Waals surface area contributed by atoms with Crippen molar-refractivity contribution in [3.63, 3.8) is 0 Å². The van der Waals surface area contributed by atoms with Crippen LogP contribution < -0.4 is 43.1 Å². The fourth-order valence-corrected chi connectivity index (χ4v) is 29.6. The average molecular weight is 2020 g/mol. The minimum atomic E-state index is -4.46. The number of hydrogen-bond acceptors (Lipinski definition) is 22. The van der Waals surface area contributed by atoms with E-state index in [2.05, 4.69) is 64.2 Å². The van der Waals surface area contributed by atoms with Crippen molar-refractivity contribution in [2.24, 2.45) is 53.3 Å². The summed E-state index contributed by atoms with van der Waals surface area (Å²) in [6.07, 6.45) is 19.7. The Morgan fingerprint density at radius 3 is 1.52 bits per heavy atom. The number of nitriles is 1. The number of fused-ring (bicyclic) bond motifs is 11. The monoisotopic (exact) mass is 2010 g/mol. The van der Waals surface area contributed by atoms with Crippen molar-refractivity contribution in [3.8, 4) is 23.3 Å². The van der Waals surface area contributed by atoms with Gasteiger partial charge in [0.25, 0.3) is 17.7 Å². The standard InChI is InChI=1S/C108H133Cl3N8O17S3/c1-67-16-11-39-106(123,53-73-36-42-113-89(44-73)54-112)92-30-23-78(92)55-117-43-10-9-19-74-47-86(109)27-22-81(74)58-132-99-84(45-82(51-96(99)117)102(121)115-138(126,127)70(67)4)59-135-108(66-131-8)41-13-18-69(3)72(6)139(128,129)116-103(122)83-46-85(100-97(52-83)119(57-80-25-32-94(80)108)62-105(64-134-100)38-15-21-76-49-88(111)29-34-91(76)105)60-136-107(65-130-7)40-12-17-68(2)71(5)137(124,125)114-101(120)77-26-35-98-95(50-77)118(56-79-24-31-93(79)107)61-104(63-133-98)37-14-20-75-48-87(110)28-33-90(75)104/h11,22,26-29,33-36,39,42,44-52,67-72,78-80,92-94,123H,9-10,12-21,23-25,30-32,37-38,40-41,43,53,55-66H2,1-8H3,(H,114,120)(H,115,121)(H,116,122)/b39-11+/t67-,68-,69-,70+,71+,72+,78-,79-,80-,92+,93+,94+,104-,105-,106+,107-,108+/m0/s1. The van der Waals surface area contributed by atoms with Gasteiger partial charge in [-0.15, -0.1) is 0 Å². The van der Waals surface area contributed by atoms with Crippen LogP contribution in [0.15, 0.2) is 128 Å². The average Bonchev–Trinajstić information content (AvgIpc) is 1.63. The Morgan fingerprint density at radius 1 is 0.496 bits per heavy atom. The zero-order valence-corrected chi connectivity index (χ0v) is 85.8. The molecule has 7 heterocycles. The molecule has 6 bridgehead atoms. The first kappa shape index (κ1) is 101. The number of anilines is 3. The van der Waals surface area contributed by atoms with E-state index in [4.69, 9.17) is 68.0 Å². The number of halogens is 3. The van der Waals surface area contributed by atoms with E-state index in [0.29, 0.717) is 177 Å². The Balaban J connectivity index is 0.747. The number of rotatable bonds is 12. The summed E-state index contributed by atoms with van der Waals surface area (Å²) < 4.78 is 148. The number of allylic oxidation sites excluding steroid dienone is 1. The summed E-state index contributed by atoms with van der Waals surface area (Å²) in [5.41, 5.74) is 5.62. The summed E-state index contributed by atoms with van der Waals surface area (Å²) in [4.78, 5) is 56.9. The predicted octanol–water partition coefficient (Wildman–Crippen LogP) is 18.4. The van der Waals surface area contributed by atoms with E-state index in [9.17, 15) is 32.0 Å². The number of nitrogens with one attached hydrogen (secondary N) is 3. The molecule has 1 aromatic heterocycles. The van der Waals surface area contributed by atoms with Gasteiger partial charge in [0.15, 0.2) is 0 Å². The van der Waals surface area contributed by atoms with Crippen LogP contribution in [0.4, 0.5) is 17.1 Å². The second-order valence-corrected chi connectivity index (χ2v) is 50.0. The molecule has 5 aliphatic carbocycles. The van der Waals surface area contributed by atoms with Crippen molar-refractivity contribution >= 4 is 99.7 Å². The minimum absolute atomic E-state index is 0.0326. The Kier molecular flexibility index (Phi) is 29.6. The SMILES string of the molecule is COC[C@]1(OCc2cc3cc4c2OCc2ccc(Cl)cc2CCCCN4C[C@@H]2CC[C@H]2[C@](O)(Cc2ccnc(C#N)c2)/C=C/C[C@H](C)[C@@H](C)S(=O)(=O)NC3=O)CCC[C@H](C)[C@@H](C)S(=O)(=O)NC(=O)c2cc(CO[C@]3(COC)CCC[C@H](C)[C@@H](C)S(=O)(=O)NC(=O)c4ccc5c(c4)N(C[C@@H]4CC[C@H]43)C[C@@]3(CCCc4cc(Cl)ccc43)CO5)c3c(c2)N(C[C@@H]2CC[C@H]21)C[C@@]1(CCCc2cc(Cl)ccc21)CO3. The molecule has 7 aromatic rings. The highest BCUT2D eigenvalue weighted by molar-refractivity contribution is 7.91. The van der Waals surface area contributed by atoms with Crippen LogP contribution in [0.3, 0.4) is 0 Å².